The van der Waals surface area contributed by atoms with Gasteiger partial charge in [0.25, 0.3) is 5.56 Å². The molecular weight excluding hydrogens is 330 g/mol. The summed E-state index contributed by atoms with van der Waals surface area (Å²) in [7, 11) is 0. The summed E-state index contributed by atoms with van der Waals surface area (Å²) in [4.78, 5) is 31.1. The van der Waals surface area contributed by atoms with Gasteiger partial charge < -0.3 is 5.73 Å². The number of aromatic nitrogens is 2. The number of carbonyl (C=O) groups excluding carboxylic acids is 1. The molecule has 120 valence electrons. The number of fused-ring (bicyclic) bond motifs is 1. The molecule has 3 heterocycles. The summed E-state index contributed by atoms with van der Waals surface area (Å²) in [6, 6.07) is 3.22. The van der Waals surface area contributed by atoms with Gasteiger partial charge in [0, 0.05) is 22.2 Å². The van der Waals surface area contributed by atoms with Gasteiger partial charge in [0.15, 0.2) is 0 Å². The van der Waals surface area contributed by atoms with E-state index in [1.165, 1.54) is 15.9 Å². The van der Waals surface area contributed by atoms with Crippen molar-refractivity contribution >= 4 is 38.8 Å². The third kappa shape index (κ3) is 2.70. The molecule has 0 aliphatic carbocycles. The predicted molar refractivity (Wildman–Crippen MR) is 95.1 cm³/mol. The number of rotatable bonds is 5. The van der Waals surface area contributed by atoms with Crippen LogP contribution in [0, 0.1) is 0 Å². The smallest absolute Gasteiger partial charge is 0.263 e. The van der Waals surface area contributed by atoms with Crippen molar-refractivity contribution in [3.05, 3.63) is 39.1 Å². The Kier molecular flexibility index (Phi) is 4.32. The Morgan fingerprint density at radius 2 is 2.22 bits per heavy atom. The number of nitrogens with two attached hydrogens (primary N) is 1. The summed E-state index contributed by atoms with van der Waals surface area (Å²) in [6.45, 7) is 3.66. The lowest BCUT2D eigenvalue weighted by molar-refractivity contribution is -0.120. The normalized spacial score (nSPS) is 12.6. The van der Waals surface area contributed by atoms with Gasteiger partial charge in [-0.05, 0) is 24.8 Å². The average Bonchev–Trinajstić information content (AvgIpc) is 3.15. The van der Waals surface area contributed by atoms with E-state index in [9.17, 15) is 9.59 Å². The fourth-order valence-corrected chi connectivity index (χ4v) is 4.36. The molecule has 1 unspecified atom stereocenters. The third-order valence-electron chi connectivity index (χ3n) is 3.77. The van der Waals surface area contributed by atoms with Gasteiger partial charge in [0.05, 0.1) is 5.39 Å². The van der Waals surface area contributed by atoms with Gasteiger partial charge in [-0.25, -0.2) is 4.98 Å². The zero-order chi connectivity index (χ0) is 16.6. The van der Waals surface area contributed by atoms with E-state index in [1.807, 2.05) is 29.8 Å². The minimum absolute atomic E-state index is 0.186. The van der Waals surface area contributed by atoms with E-state index >= 15 is 0 Å². The lowest BCUT2D eigenvalue weighted by Gasteiger charge is -2.16. The van der Waals surface area contributed by atoms with E-state index in [1.54, 1.807) is 18.3 Å². The maximum atomic E-state index is 13.1. The lowest BCUT2D eigenvalue weighted by atomic mass is 10.2. The number of hydrogen-bond donors (Lipinski definition) is 1. The van der Waals surface area contributed by atoms with E-state index < -0.39 is 11.9 Å². The van der Waals surface area contributed by atoms with Crippen LogP contribution in [-0.4, -0.2) is 15.5 Å². The van der Waals surface area contributed by atoms with E-state index in [0.29, 0.717) is 17.6 Å². The fraction of sp³-hybridized carbons (Fsp3) is 0.312. The molecule has 7 heteroatoms. The second-order valence-electron chi connectivity index (χ2n) is 5.34. The molecule has 1 amide bonds. The molecule has 0 aliphatic heterocycles. The van der Waals surface area contributed by atoms with E-state index in [0.717, 1.165) is 21.7 Å². The van der Waals surface area contributed by atoms with Crippen molar-refractivity contribution in [2.45, 2.75) is 32.7 Å². The van der Waals surface area contributed by atoms with Crippen LogP contribution >= 0.6 is 22.7 Å². The molecule has 3 aromatic heterocycles. The summed E-state index contributed by atoms with van der Waals surface area (Å²) < 4.78 is 1.46. The highest BCUT2D eigenvalue weighted by Gasteiger charge is 2.22. The van der Waals surface area contributed by atoms with Crippen LogP contribution in [0.15, 0.2) is 27.7 Å². The molecule has 5 nitrogen and oxygen atoms in total. The van der Waals surface area contributed by atoms with Gasteiger partial charge in [-0.15, -0.1) is 22.7 Å². The quantitative estimate of drug-likeness (QED) is 0.770. The van der Waals surface area contributed by atoms with Crippen LogP contribution in [0.5, 0.6) is 0 Å². The van der Waals surface area contributed by atoms with Gasteiger partial charge in [-0.3, -0.25) is 14.2 Å². The fourth-order valence-electron chi connectivity index (χ4n) is 2.59. The number of amides is 1. The topological polar surface area (TPSA) is 78.0 Å². The van der Waals surface area contributed by atoms with Crippen LogP contribution in [0.4, 0.5) is 0 Å². The first-order valence-electron chi connectivity index (χ1n) is 7.40. The number of carbonyl (C=O) groups is 1. The Morgan fingerprint density at radius 3 is 2.83 bits per heavy atom. The zero-order valence-corrected chi connectivity index (χ0v) is 14.5. The molecule has 0 spiro atoms. The molecule has 0 radical (unpaired) electrons. The number of hydrogen-bond acceptors (Lipinski definition) is 5. The first-order valence-corrected chi connectivity index (χ1v) is 9.16. The first-order chi connectivity index (χ1) is 11.0. The Morgan fingerprint density at radius 1 is 1.43 bits per heavy atom. The Bertz CT molecular complexity index is 909. The summed E-state index contributed by atoms with van der Waals surface area (Å²) in [5, 5.41) is 4.51. The molecule has 0 aromatic carbocycles. The molecule has 0 saturated heterocycles. The summed E-state index contributed by atoms with van der Waals surface area (Å²) in [5.41, 5.74) is 6.13. The highest BCUT2D eigenvalue weighted by Crippen LogP contribution is 2.34. The number of primary amides is 1. The van der Waals surface area contributed by atoms with Crippen LogP contribution in [-0.2, 0) is 11.2 Å². The molecule has 2 N–H and O–H groups in total. The monoisotopic (exact) mass is 347 g/mol. The maximum Gasteiger partial charge on any atom is 0.263 e. The van der Waals surface area contributed by atoms with Gasteiger partial charge in [0.2, 0.25) is 5.91 Å². The molecule has 1 atom stereocenters. The zero-order valence-electron chi connectivity index (χ0n) is 12.9. The van der Waals surface area contributed by atoms with Crippen molar-refractivity contribution in [1.29, 1.82) is 0 Å². The SMILES string of the molecule is CCCc1nc2scc(-c3cccs3)c2c(=O)n1C(C)C(N)=O. The van der Waals surface area contributed by atoms with E-state index in [-0.39, 0.29) is 5.56 Å². The number of thiophene rings is 2. The molecule has 3 rings (SSSR count). The maximum absolute atomic E-state index is 13.1. The molecule has 3 aromatic rings. The van der Waals surface area contributed by atoms with E-state index in [4.69, 9.17) is 5.73 Å². The van der Waals surface area contributed by atoms with Crippen molar-refractivity contribution in [3.63, 3.8) is 0 Å². The highest BCUT2D eigenvalue weighted by atomic mass is 32.1. The van der Waals surface area contributed by atoms with Crippen LogP contribution in [0.2, 0.25) is 0 Å². The third-order valence-corrected chi connectivity index (χ3v) is 5.55. The van der Waals surface area contributed by atoms with Gasteiger partial charge >= 0.3 is 0 Å². The van der Waals surface area contributed by atoms with Crippen LogP contribution < -0.4 is 11.3 Å². The Balaban J connectivity index is 2.33. The molecule has 23 heavy (non-hydrogen) atoms. The van der Waals surface area contributed by atoms with Crippen molar-refractivity contribution in [3.8, 4) is 10.4 Å². The van der Waals surface area contributed by atoms with Gasteiger partial charge in [-0.1, -0.05) is 13.0 Å². The van der Waals surface area contributed by atoms with Crippen molar-refractivity contribution in [1.82, 2.24) is 9.55 Å². The average molecular weight is 347 g/mol. The van der Waals surface area contributed by atoms with Gasteiger partial charge in [-0.2, -0.15) is 0 Å². The molecule has 0 saturated carbocycles. The number of aryl methyl sites for hydroxylation is 1. The van der Waals surface area contributed by atoms with E-state index in [2.05, 4.69) is 4.98 Å². The molecule has 0 bridgehead atoms. The van der Waals surface area contributed by atoms with Crippen molar-refractivity contribution in [2.75, 3.05) is 0 Å². The molecule has 0 aliphatic rings. The minimum Gasteiger partial charge on any atom is -0.368 e. The van der Waals surface area contributed by atoms with Gasteiger partial charge in [0.1, 0.15) is 16.7 Å². The lowest BCUT2D eigenvalue weighted by Crippen LogP contribution is -2.35. The first kappa shape index (κ1) is 15.9. The summed E-state index contributed by atoms with van der Waals surface area (Å²) >= 11 is 3.04. The second kappa shape index (κ2) is 6.25. The Hall–Kier alpha value is -1.99. The number of nitrogens with zero attached hydrogens (tertiary/aromatic N) is 2. The summed E-state index contributed by atoms with van der Waals surface area (Å²) in [5.74, 6) is 0.0920. The second-order valence-corrected chi connectivity index (χ2v) is 7.14. The predicted octanol–water partition coefficient (Wildman–Crippen LogP) is 3.19. The van der Waals surface area contributed by atoms with Crippen LogP contribution in [0.3, 0.4) is 0 Å². The summed E-state index contributed by atoms with van der Waals surface area (Å²) in [6.07, 6.45) is 1.47. The van der Waals surface area contributed by atoms with Crippen LogP contribution in [0.25, 0.3) is 20.7 Å². The minimum atomic E-state index is -0.711. The van der Waals surface area contributed by atoms with Crippen LogP contribution in [0.1, 0.15) is 32.1 Å². The molecular formula is C16H17N3O2S2. The molecule has 0 fully saturated rings. The Labute approximate surface area is 141 Å². The van der Waals surface area contributed by atoms with Crippen molar-refractivity contribution in [2.24, 2.45) is 5.73 Å². The van der Waals surface area contributed by atoms with Crippen molar-refractivity contribution < 1.29 is 4.79 Å². The standard InChI is InChI=1S/C16H17N3O2S2/c1-3-5-12-18-15-13(16(21)19(12)9(2)14(17)20)10(8-23-15)11-6-4-7-22-11/h4,6-9H,3,5H2,1-2H3,(H2,17,20). The highest BCUT2D eigenvalue weighted by molar-refractivity contribution is 7.18. The largest absolute Gasteiger partial charge is 0.368 e.